The van der Waals surface area contributed by atoms with Gasteiger partial charge in [-0.15, -0.1) is 0 Å². The lowest BCUT2D eigenvalue weighted by Crippen LogP contribution is -2.20. The smallest absolute Gasteiger partial charge is 0.282 e. The van der Waals surface area contributed by atoms with Crippen molar-refractivity contribution in [2.45, 2.75) is 6.61 Å². The maximum Gasteiger partial charge on any atom is 0.282 e. The van der Waals surface area contributed by atoms with Crippen LogP contribution in [0.5, 0.6) is 11.5 Å². The number of ether oxygens (including phenoxy) is 2. The van der Waals surface area contributed by atoms with Gasteiger partial charge in [0, 0.05) is 14.5 Å². The highest BCUT2D eigenvalue weighted by atomic mass is 79.9. The van der Waals surface area contributed by atoms with Crippen molar-refractivity contribution in [3.8, 4) is 23.1 Å². The van der Waals surface area contributed by atoms with Gasteiger partial charge in [0.05, 0.1) is 39.1 Å². The van der Waals surface area contributed by atoms with Crippen LogP contribution in [0.1, 0.15) is 11.1 Å². The fourth-order valence-electron chi connectivity index (χ4n) is 4.42. The summed E-state index contributed by atoms with van der Waals surface area (Å²) < 4.78 is 21.4. The Labute approximate surface area is 270 Å². The molecule has 0 saturated carbocycles. The fraction of sp³-hybridized carbons (Fsp3) is 0.0645. The molecule has 0 bridgehead atoms. The number of hydrogen-bond donors (Lipinski definition) is 0. The molecule has 2 aromatic heterocycles. The molecule has 2 heterocycles. The summed E-state index contributed by atoms with van der Waals surface area (Å²) in [5.41, 5.74) is 2.39. The third-order valence-corrected chi connectivity index (χ3v) is 8.55. The Morgan fingerprint density at radius 2 is 1.81 bits per heavy atom. The minimum Gasteiger partial charge on any atom is -0.496 e. The topological polar surface area (TPSA) is 78.9 Å². The molecule has 4 aromatic carbocycles. The molecule has 210 valence electrons. The van der Waals surface area contributed by atoms with Gasteiger partial charge in [0.1, 0.15) is 17.9 Å². The number of hydrogen-bond acceptors (Lipinski definition) is 6. The van der Waals surface area contributed by atoms with Crippen molar-refractivity contribution in [2.24, 2.45) is 5.10 Å². The zero-order valence-corrected chi connectivity index (χ0v) is 27.3. The summed E-state index contributed by atoms with van der Waals surface area (Å²) in [5.74, 6) is 1.76. The van der Waals surface area contributed by atoms with Crippen LogP contribution in [-0.2, 0) is 6.61 Å². The number of nitrogens with zero attached hydrogens (tertiary/aromatic N) is 3. The van der Waals surface area contributed by atoms with Gasteiger partial charge in [0.15, 0.2) is 11.5 Å². The molecule has 0 aliphatic rings. The molecule has 0 amide bonds. The first kappa shape index (κ1) is 28.7. The highest BCUT2D eigenvalue weighted by Crippen LogP contribution is 2.36. The second kappa shape index (κ2) is 12.0. The molecule has 0 N–H and O–H groups in total. The van der Waals surface area contributed by atoms with Crippen LogP contribution in [0, 0.1) is 0 Å². The van der Waals surface area contributed by atoms with Gasteiger partial charge in [-0.1, -0.05) is 67.7 Å². The van der Waals surface area contributed by atoms with Crippen LogP contribution in [0.2, 0.25) is 5.02 Å². The van der Waals surface area contributed by atoms with Crippen molar-refractivity contribution >= 4 is 87.5 Å². The average molecular weight is 773 g/mol. The van der Waals surface area contributed by atoms with Crippen LogP contribution in [0.3, 0.4) is 0 Å². The Morgan fingerprint density at radius 3 is 2.60 bits per heavy atom. The molecule has 6 rings (SSSR count). The summed E-state index contributed by atoms with van der Waals surface area (Å²) in [6, 6.07) is 23.8. The molecule has 42 heavy (non-hydrogen) atoms. The largest absolute Gasteiger partial charge is 0.496 e. The molecule has 6 aromatic rings. The van der Waals surface area contributed by atoms with Crippen molar-refractivity contribution < 1.29 is 13.9 Å². The molecular formula is C31H19Br3ClN3O4. The van der Waals surface area contributed by atoms with Gasteiger partial charge < -0.3 is 13.9 Å². The molecule has 11 heteroatoms. The monoisotopic (exact) mass is 769 g/mol. The van der Waals surface area contributed by atoms with Crippen LogP contribution in [0.25, 0.3) is 33.5 Å². The van der Waals surface area contributed by atoms with E-state index in [9.17, 15) is 4.79 Å². The van der Waals surface area contributed by atoms with E-state index >= 15 is 0 Å². The highest BCUT2D eigenvalue weighted by molar-refractivity contribution is 9.11. The van der Waals surface area contributed by atoms with Gasteiger partial charge >= 0.3 is 0 Å². The summed E-state index contributed by atoms with van der Waals surface area (Å²) in [4.78, 5) is 18.4. The van der Waals surface area contributed by atoms with E-state index in [1.54, 1.807) is 37.4 Å². The van der Waals surface area contributed by atoms with E-state index in [1.165, 1.54) is 10.9 Å². The van der Waals surface area contributed by atoms with E-state index in [0.29, 0.717) is 55.4 Å². The summed E-state index contributed by atoms with van der Waals surface area (Å²) in [7, 11) is 1.59. The van der Waals surface area contributed by atoms with Crippen molar-refractivity contribution in [3.63, 3.8) is 0 Å². The van der Waals surface area contributed by atoms with E-state index in [0.717, 1.165) is 19.9 Å². The lowest BCUT2D eigenvalue weighted by atomic mass is 10.2. The average Bonchev–Trinajstić information content (AvgIpc) is 3.42. The number of aromatic nitrogens is 2. The molecule has 0 fully saturated rings. The number of rotatable bonds is 7. The van der Waals surface area contributed by atoms with Crippen molar-refractivity contribution in [2.75, 3.05) is 7.11 Å². The number of methoxy groups -OCH3 is 1. The van der Waals surface area contributed by atoms with Crippen molar-refractivity contribution in [1.29, 1.82) is 0 Å². The van der Waals surface area contributed by atoms with Crippen LogP contribution in [0.4, 0.5) is 0 Å². The molecule has 7 nitrogen and oxygen atoms in total. The second-order valence-electron chi connectivity index (χ2n) is 9.13. The van der Waals surface area contributed by atoms with Gasteiger partial charge in [0.25, 0.3) is 5.56 Å². The van der Waals surface area contributed by atoms with Gasteiger partial charge in [-0.05, 0) is 76.1 Å². The molecule has 0 aliphatic carbocycles. The normalized spacial score (nSPS) is 11.5. The molecule has 0 saturated heterocycles. The van der Waals surface area contributed by atoms with Gasteiger partial charge in [-0.25, -0.2) is 4.98 Å². The van der Waals surface area contributed by atoms with Gasteiger partial charge in [0.2, 0.25) is 5.82 Å². The quantitative estimate of drug-likeness (QED) is 0.151. The minimum atomic E-state index is -0.343. The predicted octanol–water partition coefficient (Wildman–Crippen LogP) is 9.22. The number of benzene rings is 4. The summed E-state index contributed by atoms with van der Waals surface area (Å²) in [6.45, 7) is 0.309. The first-order valence-electron chi connectivity index (χ1n) is 12.5. The lowest BCUT2D eigenvalue weighted by molar-refractivity contribution is 0.303. The number of fused-ring (bicyclic) bond motifs is 2. The van der Waals surface area contributed by atoms with Crippen LogP contribution >= 0.6 is 59.4 Å². The van der Waals surface area contributed by atoms with E-state index in [2.05, 4.69) is 52.9 Å². The van der Waals surface area contributed by atoms with Crippen molar-refractivity contribution in [1.82, 2.24) is 9.66 Å². The first-order chi connectivity index (χ1) is 20.3. The first-order valence-corrected chi connectivity index (χ1v) is 15.3. The Balaban J connectivity index is 1.38. The molecule has 0 spiro atoms. The second-order valence-corrected chi connectivity index (χ2v) is 12.2. The number of para-hydroxylation sites is 1. The maximum absolute atomic E-state index is 13.6. The van der Waals surface area contributed by atoms with E-state index in [-0.39, 0.29) is 11.4 Å². The third kappa shape index (κ3) is 5.64. The van der Waals surface area contributed by atoms with Gasteiger partial charge in [-0.3, -0.25) is 4.79 Å². The Kier molecular flexibility index (Phi) is 8.22. The molecule has 0 aliphatic heterocycles. The molecule has 0 unspecified atom stereocenters. The predicted molar refractivity (Wildman–Crippen MR) is 176 cm³/mol. The molecule has 0 radical (unpaired) electrons. The van der Waals surface area contributed by atoms with Crippen molar-refractivity contribution in [3.05, 3.63) is 119 Å². The summed E-state index contributed by atoms with van der Waals surface area (Å²) in [5, 5.41) is 6.10. The maximum atomic E-state index is 13.6. The van der Waals surface area contributed by atoms with E-state index in [4.69, 9.17) is 30.5 Å². The van der Waals surface area contributed by atoms with E-state index in [1.807, 2.05) is 48.5 Å². The van der Waals surface area contributed by atoms with Crippen LogP contribution in [-0.4, -0.2) is 23.0 Å². The van der Waals surface area contributed by atoms with E-state index < -0.39 is 0 Å². The number of halogens is 4. The summed E-state index contributed by atoms with van der Waals surface area (Å²) in [6.07, 6.45) is 1.54. The zero-order chi connectivity index (χ0) is 29.4. The Bertz CT molecular complexity index is 2050. The molecular weight excluding hydrogens is 754 g/mol. The van der Waals surface area contributed by atoms with Crippen LogP contribution in [0.15, 0.2) is 107 Å². The summed E-state index contributed by atoms with van der Waals surface area (Å²) >= 11 is 17.2. The standard InChI is InChI=1S/C31H19Br3ClN3O4/c1-40-26-7-4-8-27-21(26)14-28(42-27)30-37-25-6-3-2-5-20(25)31(39)38(30)36-15-17-11-23(34)29(24(35)12-17)41-16-18-9-10-19(32)13-22(18)33/h2-15H,16H2,1H3. The zero-order valence-electron chi connectivity index (χ0n) is 21.8. The highest BCUT2D eigenvalue weighted by Gasteiger charge is 2.18. The number of furan rings is 1. The lowest BCUT2D eigenvalue weighted by Gasteiger charge is -2.12. The minimum absolute atomic E-state index is 0.249. The third-order valence-electron chi connectivity index (χ3n) is 6.45. The Morgan fingerprint density at radius 1 is 0.976 bits per heavy atom. The Hall–Kier alpha value is -3.44. The molecule has 0 atom stereocenters. The fourth-order valence-corrected chi connectivity index (χ4v) is 6.57. The van der Waals surface area contributed by atoms with Crippen LogP contribution < -0.4 is 15.0 Å². The van der Waals surface area contributed by atoms with Gasteiger partial charge in [-0.2, -0.15) is 9.78 Å². The SMILES string of the molecule is COc1cccc2oc(-c3nc4ccccc4c(=O)n3N=Cc3cc(Cl)c(OCc4ccc(Br)cc4Br)c(Br)c3)cc12.